The number of nitro groups is 1. The lowest BCUT2D eigenvalue weighted by Gasteiger charge is -2.14. The van der Waals surface area contributed by atoms with Crippen molar-refractivity contribution in [2.75, 3.05) is 0 Å². The smallest absolute Gasteiger partial charge is 0.272 e. The average Bonchev–Trinajstić information content (AvgIpc) is 2.81. The molecule has 0 amide bonds. The van der Waals surface area contributed by atoms with Gasteiger partial charge in [0.15, 0.2) is 0 Å². The van der Waals surface area contributed by atoms with Gasteiger partial charge in [0.25, 0.3) is 5.69 Å². The van der Waals surface area contributed by atoms with Crippen LogP contribution in [0, 0.1) is 17.0 Å². The predicted octanol–water partition coefficient (Wildman–Crippen LogP) is 1.88. The van der Waals surface area contributed by atoms with Gasteiger partial charge in [0.05, 0.1) is 11.5 Å². The van der Waals surface area contributed by atoms with E-state index < -0.39 is 0 Å². The van der Waals surface area contributed by atoms with Gasteiger partial charge in [0.2, 0.25) is 0 Å². The summed E-state index contributed by atoms with van der Waals surface area (Å²) in [5.41, 5.74) is 1.69. The van der Waals surface area contributed by atoms with Crippen LogP contribution in [0.2, 0.25) is 0 Å². The lowest BCUT2D eigenvalue weighted by molar-refractivity contribution is -0.385. The van der Waals surface area contributed by atoms with Gasteiger partial charge in [0, 0.05) is 24.7 Å². The number of nitrogens with zero attached hydrogens (tertiary/aromatic N) is 4. The molecule has 0 spiro atoms. The fourth-order valence-corrected chi connectivity index (χ4v) is 1.92. The summed E-state index contributed by atoms with van der Waals surface area (Å²) in [6, 6.07) is 5.28. The van der Waals surface area contributed by atoms with E-state index in [1.807, 2.05) is 24.6 Å². The Morgan fingerprint density at radius 2 is 2.25 bits per heavy atom. The first-order valence-corrected chi connectivity index (χ1v) is 6.30. The minimum atomic E-state index is -0.353. The molecule has 7 nitrogen and oxygen atoms in total. The van der Waals surface area contributed by atoms with Crippen LogP contribution in [0.3, 0.4) is 0 Å². The van der Waals surface area contributed by atoms with E-state index in [2.05, 4.69) is 15.5 Å². The van der Waals surface area contributed by atoms with Crippen molar-refractivity contribution in [3.05, 3.63) is 51.6 Å². The molecule has 20 heavy (non-hydrogen) atoms. The maximum absolute atomic E-state index is 10.9. The lowest BCUT2D eigenvalue weighted by Crippen LogP contribution is -2.20. The number of aryl methyl sites for hydroxylation is 2. The molecule has 1 unspecified atom stereocenters. The minimum Gasteiger partial charge on any atom is -0.320 e. The van der Waals surface area contributed by atoms with E-state index in [0.717, 1.165) is 11.4 Å². The topological polar surface area (TPSA) is 85.9 Å². The van der Waals surface area contributed by atoms with Crippen LogP contribution in [-0.4, -0.2) is 19.7 Å². The molecule has 0 aliphatic heterocycles. The van der Waals surface area contributed by atoms with Crippen molar-refractivity contribution in [1.29, 1.82) is 0 Å². The van der Waals surface area contributed by atoms with E-state index in [1.165, 1.54) is 0 Å². The molecule has 0 saturated carbocycles. The maximum Gasteiger partial charge on any atom is 0.272 e. The van der Waals surface area contributed by atoms with E-state index in [0.29, 0.717) is 12.1 Å². The molecule has 0 aliphatic rings. The number of nitro benzene ring substituents is 1. The Hall–Kier alpha value is -2.28. The quantitative estimate of drug-likeness (QED) is 0.665. The number of nitrogens with one attached hydrogen (secondary N) is 1. The molecule has 0 radical (unpaired) electrons. The third-order valence-corrected chi connectivity index (χ3v) is 3.30. The maximum atomic E-state index is 10.9. The van der Waals surface area contributed by atoms with Crippen molar-refractivity contribution in [2.24, 2.45) is 7.05 Å². The van der Waals surface area contributed by atoms with E-state index in [-0.39, 0.29) is 16.7 Å². The summed E-state index contributed by atoms with van der Waals surface area (Å²) in [6.45, 7) is 4.25. The summed E-state index contributed by atoms with van der Waals surface area (Å²) >= 11 is 0. The zero-order valence-electron chi connectivity index (χ0n) is 11.7. The molecule has 1 N–H and O–H groups in total. The van der Waals surface area contributed by atoms with Crippen molar-refractivity contribution in [3.63, 3.8) is 0 Å². The molecule has 0 aliphatic carbocycles. The number of benzene rings is 1. The second kappa shape index (κ2) is 5.79. The molecule has 0 fully saturated rings. The van der Waals surface area contributed by atoms with Crippen molar-refractivity contribution < 1.29 is 4.92 Å². The Morgan fingerprint density at radius 1 is 1.50 bits per heavy atom. The first kappa shape index (κ1) is 14.1. The van der Waals surface area contributed by atoms with Gasteiger partial charge in [0.1, 0.15) is 12.2 Å². The van der Waals surface area contributed by atoms with Gasteiger partial charge in [-0.15, -0.1) is 10.2 Å². The summed E-state index contributed by atoms with van der Waals surface area (Å²) in [4.78, 5) is 10.6. The highest BCUT2D eigenvalue weighted by atomic mass is 16.6. The molecule has 106 valence electrons. The lowest BCUT2D eigenvalue weighted by atomic mass is 10.0. The first-order chi connectivity index (χ1) is 9.49. The SMILES string of the molecule is Cc1ccc(C(C)NCc2nncn2C)cc1[N+](=O)[O-]. The third-order valence-electron chi connectivity index (χ3n) is 3.30. The highest BCUT2D eigenvalue weighted by molar-refractivity contribution is 5.43. The zero-order chi connectivity index (χ0) is 14.7. The molecule has 2 rings (SSSR count). The largest absolute Gasteiger partial charge is 0.320 e. The fraction of sp³-hybridized carbons (Fsp3) is 0.385. The highest BCUT2D eigenvalue weighted by Crippen LogP contribution is 2.23. The number of rotatable bonds is 5. The van der Waals surface area contributed by atoms with Crippen LogP contribution < -0.4 is 5.32 Å². The Kier molecular flexibility index (Phi) is 4.09. The van der Waals surface area contributed by atoms with Crippen LogP contribution in [0.25, 0.3) is 0 Å². The Bertz CT molecular complexity index is 623. The number of aromatic nitrogens is 3. The van der Waals surface area contributed by atoms with Crippen LogP contribution in [0.15, 0.2) is 24.5 Å². The molecule has 0 bridgehead atoms. The molecular formula is C13H17N5O2. The van der Waals surface area contributed by atoms with Crippen LogP contribution >= 0.6 is 0 Å². The second-order valence-corrected chi connectivity index (χ2v) is 4.76. The average molecular weight is 275 g/mol. The second-order valence-electron chi connectivity index (χ2n) is 4.76. The number of hydrogen-bond donors (Lipinski definition) is 1. The number of hydrogen-bond acceptors (Lipinski definition) is 5. The van der Waals surface area contributed by atoms with E-state index in [1.54, 1.807) is 25.4 Å². The van der Waals surface area contributed by atoms with Gasteiger partial charge in [-0.25, -0.2) is 0 Å². The third kappa shape index (κ3) is 3.00. The van der Waals surface area contributed by atoms with Crippen LogP contribution in [-0.2, 0) is 13.6 Å². The first-order valence-electron chi connectivity index (χ1n) is 6.30. The van der Waals surface area contributed by atoms with Gasteiger partial charge in [-0.05, 0) is 19.4 Å². The molecule has 1 aromatic carbocycles. The van der Waals surface area contributed by atoms with Gasteiger partial charge < -0.3 is 9.88 Å². The molecule has 2 aromatic rings. The molecule has 1 heterocycles. The molecule has 1 aromatic heterocycles. The monoisotopic (exact) mass is 275 g/mol. The standard InChI is InChI=1S/C13H17N5O2/c1-9-4-5-11(6-12(9)18(19)20)10(2)14-7-13-16-15-8-17(13)3/h4-6,8,10,14H,7H2,1-3H3. The molecular weight excluding hydrogens is 258 g/mol. The van der Waals surface area contributed by atoms with Gasteiger partial charge >= 0.3 is 0 Å². The Labute approximate surface area is 116 Å². The van der Waals surface area contributed by atoms with Gasteiger partial charge in [-0.2, -0.15) is 0 Å². The summed E-state index contributed by atoms with van der Waals surface area (Å²) < 4.78 is 1.83. The minimum absolute atomic E-state index is 0.00833. The highest BCUT2D eigenvalue weighted by Gasteiger charge is 2.14. The Balaban J connectivity index is 2.09. The van der Waals surface area contributed by atoms with Gasteiger partial charge in [-0.1, -0.05) is 12.1 Å². The van der Waals surface area contributed by atoms with Crippen LogP contribution in [0.5, 0.6) is 0 Å². The fourth-order valence-electron chi connectivity index (χ4n) is 1.92. The summed E-state index contributed by atoms with van der Waals surface area (Å²) in [5.74, 6) is 0.818. The van der Waals surface area contributed by atoms with Crippen LogP contribution in [0.4, 0.5) is 5.69 Å². The molecule has 1 atom stereocenters. The van der Waals surface area contributed by atoms with Crippen molar-refractivity contribution in [3.8, 4) is 0 Å². The molecule has 7 heteroatoms. The van der Waals surface area contributed by atoms with E-state index in [4.69, 9.17) is 0 Å². The predicted molar refractivity (Wildman–Crippen MR) is 74.1 cm³/mol. The van der Waals surface area contributed by atoms with Crippen molar-refractivity contribution in [2.45, 2.75) is 26.4 Å². The summed E-state index contributed by atoms with van der Waals surface area (Å²) in [7, 11) is 1.87. The van der Waals surface area contributed by atoms with Crippen LogP contribution in [0.1, 0.15) is 29.9 Å². The summed E-state index contributed by atoms with van der Waals surface area (Å²) in [6.07, 6.45) is 1.64. The van der Waals surface area contributed by atoms with Gasteiger partial charge in [-0.3, -0.25) is 10.1 Å². The Morgan fingerprint density at radius 3 is 2.85 bits per heavy atom. The van der Waals surface area contributed by atoms with E-state index in [9.17, 15) is 10.1 Å². The van der Waals surface area contributed by atoms with Crippen molar-refractivity contribution in [1.82, 2.24) is 20.1 Å². The normalized spacial score (nSPS) is 12.3. The molecule has 0 saturated heterocycles. The summed E-state index contributed by atoms with van der Waals surface area (Å²) in [5, 5.41) is 22.0. The van der Waals surface area contributed by atoms with Crippen molar-refractivity contribution >= 4 is 5.69 Å². The zero-order valence-corrected chi connectivity index (χ0v) is 11.7. The van der Waals surface area contributed by atoms with E-state index >= 15 is 0 Å².